The Kier molecular flexibility index (Phi) is 3.95. The number of amides is 1. The van der Waals surface area contributed by atoms with Gasteiger partial charge in [-0.05, 0) is 41.6 Å². The lowest BCUT2D eigenvalue weighted by Gasteiger charge is -2.08. The fourth-order valence-corrected chi connectivity index (χ4v) is 4.24. The molecule has 0 saturated carbocycles. The molecule has 0 aliphatic heterocycles. The van der Waals surface area contributed by atoms with Crippen molar-refractivity contribution in [1.82, 2.24) is 19.7 Å². The highest BCUT2D eigenvalue weighted by Gasteiger charge is 2.15. The standard InChI is InChI=1S/C21H16N4O2S/c26-20(22-9-7-13-12-23-16-6-2-1-4-14(13)16)15-5-3-10-25-19(15)24-17-8-11-28-18(17)21(25)27/h1-6,8,10-12,23H,7,9H2,(H,22,26). The van der Waals surface area contributed by atoms with Gasteiger partial charge in [-0.3, -0.25) is 14.0 Å². The third-order valence-corrected chi connectivity index (χ3v) is 5.74. The number of carbonyl (C=O) groups is 1. The Bertz CT molecular complexity index is 1400. The first-order valence-electron chi connectivity index (χ1n) is 8.94. The second-order valence-corrected chi connectivity index (χ2v) is 7.45. The van der Waals surface area contributed by atoms with Gasteiger partial charge < -0.3 is 10.3 Å². The molecule has 5 rings (SSSR count). The molecule has 0 bridgehead atoms. The summed E-state index contributed by atoms with van der Waals surface area (Å²) in [7, 11) is 0. The fourth-order valence-electron chi connectivity index (χ4n) is 3.47. The zero-order valence-electron chi connectivity index (χ0n) is 14.8. The van der Waals surface area contributed by atoms with Crippen molar-refractivity contribution < 1.29 is 4.79 Å². The van der Waals surface area contributed by atoms with E-state index in [9.17, 15) is 9.59 Å². The van der Waals surface area contributed by atoms with Crippen molar-refractivity contribution in [1.29, 1.82) is 0 Å². The Morgan fingerprint density at radius 1 is 1.18 bits per heavy atom. The molecule has 0 aliphatic carbocycles. The van der Waals surface area contributed by atoms with Crippen LogP contribution in [0.3, 0.4) is 0 Å². The van der Waals surface area contributed by atoms with Crippen LogP contribution in [0.5, 0.6) is 0 Å². The topological polar surface area (TPSA) is 79.3 Å². The minimum absolute atomic E-state index is 0.150. The largest absolute Gasteiger partial charge is 0.361 e. The third-order valence-electron chi connectivity index (χ3n) is 4.85. The van der Waals surface area contributed by atoms with Crippen molar-refractivity contribution in [2.75, 3.05) is 6.54 Å². The number of carbonyl (C=O) groups excluding carboxylic acids is 1. The maximum absolute atomic E-state index is 12.8. The SMILES string of the molecule is O=C(NCCc1c[nH]c2ccccc12)c1cccn2c(=O)c3sccc3nc12. The summed E-state index contributed by atoms with van der Waals surface area (Å²) < 4.78 is 2.03. The molecule has 6 nitrogen and oxygen atoms in total. The van der Waals surface area contributed by atoms with E-state index in [-0.39, 0.29) is 11.5 Å². The number of H-pyrrole nitrogens is 1. The first kappa shape index (κ1) is 16.7. The molecule has 138 valence electrons. The molecule has 2 N–H and O–H groups in total. The van der Waals surface area contributed by atoms with Crippen LogP contribution in [-0.2, 0) is 6.42 Å². The first-order chi connectivity index (χ1) is 13.7. The first-order valence-corrected chi connectivity index (χ1v) is 9.82. The van der Waals surface area contributed by atoms with Crippen LogP contribution in [0.15, 0.2) is 65.0 Å². The van der Waals surface area contributed by atoms with Crippen molar-refractivity contribution in [3.8, 4) is 0 Å². The van der Waals surface area contributed by atoms with Crippen LogP contribution in [0.2, 0.25) is 0 Å². The Balaban J connectivity index is 1.41. The van der Waals surface area contributed by atoms with E-state index in [2.05, 4.69) is 21.4 Å². The van der Waals surface area contributed by atoms with Gasteiger partial charge in [0.2, 0.25) is 0 Å². The van der Waals surface area contributed by atoms with E-state index >= 15 is 0 Å². The molecular formula is C21H16N4O2S. The molecular weight excluding hydrogens is 372 g/mol. The third kappa shape index (κ3) is 2.68. The van der Waals surface area contributed by atoms with Crippen molar-refractivity contribution in [3.63, 3.8) is 0 Å². The summed E-state index contributed by atoms with van der Waals surface area (Å²) in [6.45, 7) is 0.493. The summed E-state index contributed by atoms with van der Waals surface area (Å²) in [5.41, 5.74) is 3.48. The van der Waals surface area contributed by atoms with Gasteiger partial charge in [-0.25, -0.2) is 4.98 Å². The van der Waals surface area contributed by atoms with Crippen LogP contribution in [0.4, 0.5) is 0 Å². The molecule has 0 spiro atoms. The molecule has 1 aromatic carbocycles. The van der Waals surface area contributed by atoms with Crippen LogP contribution >= 0.6 is 11.3 Å². The molecule has 0 aliphatic rings. The van der Waals surface area contributed by atoms with Gasteiger partial charge in [-0.15, -0.1) is 11.3 Å². The molecule has 0 unspecified atom stereocenters. The maximum atomic E-state index is 12.8. The van der Waals surface area contributed by atoms with E-state index in [0.29, 0.717) is 34.4 Å². The highest BCUT2D eigenvalue weighted by molar-refractivity contribution is 7.17. The van der Waals surface area contributed by atoms with Crippen molar-refractivity contribution >= 4 is 44.0 Å². The van der Waals surface area contributed by atoms with Gasteiger partial charge in [-0.2, -0.15) is 0 Å². The molecule has 0 radical (unpaired) electrons. The lowest BCUT2D eigenvalue weighted by molar-refractivity contribution is 0.0955. The zero-order chi connectivity index (χ0) is 19.1. The number of nitrogens with zero attached hydrogens (tertiary/aromatic N) is 2. The Hall–Kier alpha value is -3.45. The molecule has 1 amide bonds. The van der Waals surface area contributed by atoms with Crippen LogP contribution in [0, 0.1) is 0 Å². The smallest absolute Gasteiger partial charge is 0.275 e. The number of nitrogens with one attached hydrogen (secondary N) is 2. The van der Waals surface area contributed by atoms with Crippen LogP contribution in [0.1, 0.15) is 15.9 Å². The van der Waals surface area contributed by atoms with Crippen LogP contribution in [0.25, 0.3) is 26.8 Å². The van der Waals surface area contributed by atoms with E-state index in [4.69, 9.17) is 0 Å². The van der Waals surface area contributed by atoms with E-state index in [0.717, 1.165) is 16.5 Å². The number of pyridine rings is 1. The number of para-hydroxylation sites is 1. The summed E-state index contributed by atoms with van der Waals surface area (Å²) in [5, 5.41) is 5.94. The average Bonchev–Trinajstić information content (AvgIpc) is 3.35. The second-order valence-electron chi connectivity index (χ2n) is 6.53. The molecule has 0 saturated heterocycles. The molecule has 0 fully saturated rings. The van der Waals surface area contributed by atoms with Gasteiger partial charge in [0.1, 0.15) is 4.70 Å². The normalized spacial score (nSPS) is 11.4. The van der Waals surface area contributed by atoms with Gasteiger partial charge >= 0.3 is 0 Å². The van der Waals surface area contributed by atoms with E-state index in [1.54, 1.807) is 24.4 Å². The van der Waals surface area contributed by atoms with E-state index in [1.165, 1.54) is 15.7 Å². The minimum Gasteiger partial charge on any atom is -0.361 e. The maximum Gasteiger partial charge on any atom is 0.275 e. The number of aromatic amines is 1. The Morgan fingerprint density at radius 2 is 2.07 bits per heavy atom. The highest BCUT2D eigenvalue weighted by atomic mass is 32.1. The number of fused-ring (bicyclic) bond motifs is 3. The van der Waals surface area contributed by atoms with Crippen LogP contribution < -0.4 is 10.9 Å². The summed E-state index contributed by atoms with van der Waals surface area (Å²) in [5.74, 6) is -0.237. The van der Waals surface area contributed by atoms with Gasteiger partial charge in [0.05, 0.1) is 11.1 Å². The predicted molar refractivity (Wildman–Crippen MR) is 111 cm³/mol. The zero-order valence-corrected chi connectivity index (χ0v) is 15.6. The highest BCUT2D eigenvalue weighted by Crippen LogP contribution is 2.19. The molecule has 5 aromatic rings. The number of aromatic nitrogens is 3. The molecule has 7 heteroatoms. The summed E-state index contributed by atoms with van der Waals surface area (Å²) in [6.07, 6.45) is 4.33. The van der Waals surface area contributed by atoms with Crippen LogP contribution in [-0.4, -0.2) is 26.8 Å². The van der Waals surface area contributed by atoms with Gasteiger partial charge in [0.25, 0.3) is 11.5 Å². The van der Waals surface area contributed by atoms with Crippen molar-refractivity contribution in [3.05, 3.63) is 81.7 Å². The van der Waals surface area contributed by atoms with Crippen molar-refractivity contribution in [2.24, 2.45) is 0 Å². The predicted octanol–water partition coefficient (Wildman–Crippen LogP) is 3.36. The number of benzene rings is 1. The number of thiophene rings is 1. The molecule has 28 heavy (non-hydrogen) atoms. The lowest BCUT2D eigenvalue weighted by Crippen LogP contribution is -2.27. The number of hydrogen-bond donors (Lipinski definition) is 2. The second kappa shape index (κ2) is 6.61. The number of hydrogen-bond acceptors (Lipinski definition) is 4. The lowest BCUT2D eigenvalue weighted by atomic mass is 10.1. The summed E-state index contributed by atoms with van der Waals surface area (Å²) in [6, 6.07) is 13.3. The van der Waals surface area contributed by atoms with Gasteiger partial charge in [0, 0.05) is 29.8 Å². The fraction of sp³-hybridized carbons (Fsp3) is 0.0952. The number of rotatable bonds is 4. The minimum atomic E-state index is -0.237. The van der Waals surface area contributed by atoms with Gasteiger partial charge in [0.15, 0.2) is 5.65 Å². The Morgan fingerprint density at radius 3 is 3.00 bits per heavy atom. The average molecular weight is 388 g/mol. The quantitative estimate of drug-likeness (QED) is 0.495. The van der Waals surface area contributed by atoms with Gasteiger partial charge in [-0.1, -0.05) is 18.2 Å². The van der Waals surface area contributed by atoms with Crippen molar-refractivity contribution in [2.45, 2.75) is 6.42 Å². The van der Waals surface area contributed by atoms with E-state index < -0.39 is 0 Å². The summed E-state index contributed by atoms with van der Waals surface area (Å²) >= 11 is 1.36. The van der Waals surface area contributed by atoms with E-state index in [1.807, 2.05) is 29.8 Å². The molecule has 4 aromatic heterocycles. The monoisotopic (exact) mass is 388 g/mol. The Labute approximate surface area is 163 Å². The summed E-state index contributed by atoms with van der Waals surface area (Å²) in [4.78, 5) is 33.1. The molecule has 0 atom stereocenters. The molecule has 4 heterocycles.